The molecule has 0 aromatic heterocycles. The number of carbonyl (C=O) groups is 1. The average Bonchev–Trinajstić information content (AvgIpc) is 3.20. The van der Waals surface area contributed by atoms with Gasteiger partial charge in [-0.2, -0.15) is 0 Å². The number of hydrogen-bond acceptors (Lipinski definition) is 19. The SMILES string of the molecule is COc1cc(C2Oc3cc(O)cc(O[C@@H]4O[C@H](CO)[C@@H](O)[C@H](O)[C@H]4O)c3C=C2O[C@@H]2O[C@@H](COC(=O)/C=C/c3ccc(O)cc3)[C@@H](O)[C@H](O)[C@H]2O)cc(OC)c1O. The molecule has 0 radical (unpaired) electrons. The maximum absolute atomic E-state index is 12.5. The largest absolute Gasteiger partial charge is 0.508 e. The topological polar surface area (TPSA) is 293 Å². The van der Waals surface area contributed by atoms with Crippen molar-refractivity contribution >= 4 is 18.1 Å². The number of aliphatic hydroxyl groups excluding tert-OH is 7. The Balaban J connectivity index is 1.32. The first kappa shape index (κ1) is 41.3. The predicted octanol–water partition coefficient (Wildman–Crippen LogP) is -0.445. The van der Waals surface area contributed by atoms with Crippen molar-refractivity contribution in [3.8, 4) is 40.2 Å². The number of methoxy groups -OCH3 is 2. The predicted molar refractivity (Wildman–Crippen MR) is 191 cm³/mol. The highest BCUT2D eigenvalue weighted by Crippen LogP contribution is 2.48. The number of carbonyl (C=O) groups excluding carboxylic acids is 1. The van der Waals surface area contributed by atoms with Crippen LogP contribution < -0.4 is 18.9 Å². The average molecular weight is 803 g/mol. The van der Waals surface area contributed by atoms with Crippen molar-refractivity contribution in [2.75, 3.05) is 27.4 Å². The summed E-state index contributed by atoms with van der Waals surface area (Å²) in [5, 5.41) is 104. The Hall–Kier alpha value is -5.35. The number of rotatable bonds is 12. The monoisotopic (exact) mass is 802 g/mol. The molecule has 1 unspecified atom stereocenters. The molecule has 0 amide bonds. The minimum absolute atomic E-state index is 0.0328. The smallest absolute Gasteiger partial charge is 0.330 e. The van der Waals surface area contributed by atoms with Crippen LogP contribution in [0.1, 0.15) is 22.8 Å². The van der Waals surface area contributed by atoms with Gasteiger partial charge in [0.05, 0.1) is 26.4 Å². The summed E-state index contributed by atoms with van der Waals surface area (Å²) in [5.41, 5.74) is 0.825. The highest BCUT2D eigenvalue weighted by Gasteiger charge is 2.48. The number of aliphatic hydroxyl groups is 7. The van der Waals surface area contributed by atoms with E-state index in [2.05, 4.69) is 0 Å². The van der Waals surface area contributed by atoms with Crippen LogP contribution in [0, 0.1) is 0 Å². The van der Waals surface area contributed by atoms with E-state index in [0.29, 0.717) is 5.56 Å². The zero-order valence-electron chi connectivity index (χ0n) is 30.3. The van der Waals surface area contributed by atoms with E-state index in [1.165, 1.54) is 56.7 Å². The van der Waals surface area contributed by atoms with Gasteiger partial charge in [0.25, 0.3) is 0 Å². The summed E-state index contributed by atoms with van der Waals surface area (Å²) in [6.07, 6.45) is -14.6. The number of phenols is 3. The third kappa shape index (κ3) is 8.81. The minimum atomic E-state index is -1.90. The van der Waals surface area contributed by atoms with Gasteiger partial charge in [0, 0.05) is 23.8 Å². The maximum Gasteiger partial charge on any atom is 0.330 e. The van der Waals surface area contributed by atoms with E-state index in [1.54, 1.807) is 12.1 Å². The van der Waals surface area contributed by atoms with E-state index in [1.807, 2.05) is 0 Å². The van der Waals surface area contributed by atoms with E-state index in [0.717, 1.165) is 12.1 Å². The van der Waals surface area contributed by atoms with Crippen LogP contribution in [-0.4, -0.2) is 146 Å². The number of fused-ring (bicyclic) bond motifs is 1. The Morgan fingerprint density at radius 2 is 1.32 bits per heavy atom. The molecule has 2 saturated heterocycles. The Morgan fingerprint density at radius 1 is 0.719 bits per heavy atom. The molecule has 57 heavy (non-hydrogen) atoms. The van der Waals surface area contributed by atoms with Crippen LogP contribution in [0.4, 0.5) is 0 Å². The molecule has 3 heterocycles. The molecule has 2 fully saturated rings. The number of ether oxygens (including phenoxy) is 8. The van der Waals surface area contributed by atoms with Gasteiger partial charge in [-0.3, -0.25) is 0 Å². The zero-order chi connectivity index (χ0) is 41.1. The number of aromatic hydroxyl groups is 3. The molecule has 0 saturated carbocycles. The molecule has 3 aromatic rings. The molecule has 0 bridgehead atoms. The summed E-state index contributed by atoms with van der Waals surface area (Å²) in [6.45, 7) is -1.35. The molecule has 6 rings (SSSR count). The third-order valence-corrected chi connectivity index (χ3v) is 9.39. The Labute approximate surface area is 323 Å². The normalized spacial score (nSPS) is 29.8. The number of benzene rings is 3. The molecular formula is C38H42O19. The van der Waals surface area contributed by atoms with E-state index >= 15 is 0 Å². The molecule has 19 nitrogen and oxygen atoms in total. The molecule has 0 aliphatic carbocycles. The summed E-state index contributed by atoms with van der Waals surface area (Å²) < 4.78 is 45.5. The molecule has 3 aromatic carbocycles. The highest BCUT2D eigenvalue weighted by molar-refractivity contribution is 5.87. The standard InChI is InChI=1S/C38H42O19/c1-50-23-9-17(10-24(51-2)29(23)43)36-25(13-20-21(53-36)11-19(41)12-22(20)54-37-34(48)32(46)30(44)26(14-39)56-37)55-38-35(49)33(47)31(45)27(57-38)15-52-28(42)8-5-16-3-6-18(40)7-4-16/h3-13,26-27,30-41,43-49H,14-15H2,1-2H3/b8-5+/t26-,27+,30-,31-,32+,33+,34-,35-,36?,37-,38-/m1/s1. The lowest BCUT2D eigenvalue weighted by molar-refractivity contribution is -0.294. The highest BCUT2D eigenvalue weighted by atomic mass is 16.7. The van der Waals surface area contributed by atoms with Crippen LogP contribution in [0.5, 0.6) is 40.2 Å². The van der Waals surface area contributed by atoms with Gasteiger partial charge >= 0.3 is 5.97 Å². The van der Waals surface area contributed by atoms with E-state index in [4.69, 9.17) is 37.9 Å². The van der Waals surface area contributed by atoms with Gasteiger partial charge in [-0.05, 0) is 42.0 Å². The summed E-state index contributed by atoms with van der Waals surface area (Å²) >= 11 is 0. The van der Waals surface area contributed by atoms with Crippen LogP contribution >= 0.6 is 0 Å². The van der Waals surface area contributed by atoms with Gasteiger partial charge in [0.2, 0.25) is 18.3 Å². The molecule has 19 heteroatoms. The van der Waals surface area contributed by atoms with Crippen LogP contribution in [0.3, 0.4) is 0 Å². The van der Waals surface area contributed by atoms with Crippen molar-refractivity contribution < 1.29 is 93.8 Å². The quantitative estimate of drug-likeness (QED) is 0.0820. The molecule has 308 valence electrons. The molecule has 11 atom stereocenters. The maximum atomic E-state index is 12.5. The molecule has 0 spiro atoms. The van der Waals surface area contributed by atoms with Crippen molar-refractivity contribution in [2.24, 2.45) is 0 Å². The van der Waals surface area contributed by atoms with Gasteiger partial charge in [-0.25, -0.2) is 4.79 Å². The fourth-order valence-corrected chi connectivity index (χ4v) is 6.26. The lowest BCUT2D eigenvalue weighted by atomic mass is 9.98. The van der Waals surface area contributed by atoms with Crippen LogP contribution in [-0.2, 0) is 23.7 Å². The van der Waals surface area contributed by atoms with Crippen LogP contribution in [0.2, 0.25) is 0 Å². The first-order valence-electron chi connectivity index (χ1n) is 17.4. The Bertz CT molecular complexity index is 1920. The van der Waals surface area contributed by atoms with E-state index in [-0.39, 0.29) is 51.4 Å². The summed E-state index contributed by atoms with van der Waals surface area (Å²) in [7, 11) is 2.58. The van der Waals surface area contributed by atoms with Gasteiger partial charge in [-0.1, -0.05) is 12.1 Å². The van der Waals surface area contributed by atoms with Crippen molar-refractivity contribution in [3.05, 3.63) is 77.1 Å². The summed E-state index contributed by atoms with van der Waals surface area (Å²) in [4.78, 5) is 12.5. The van der Waals surface area contributed by atoms with Crippen LogP contribution in [0.25, 0.3) is 12.2 Å². The second kappa shape index (κ2) is 17.4. The summed E-state index contributed by atoms with van der Waals surface area (Å²) in [5.74, 6) is -2.11. The van der Waals surface area contributed by atoms with Gasteiger partial charge in [-0.15, -0.1) is 0 Å². The van der Waals surface area contributed by atoms with Crippen molar-refractivity contribution in [1.29, 1.82) is 0 Å². The fourth-order valence-electron chi connectivity index (χ4n) is 6.26. The minimum Gasteiger partial charge on any atom is -0.508 e. The Morgan fingerprint density at radius 3 is 1.93 bits per heavy atom. The van der Waals surface area contributed by atoms with E-state index < -0.39 is 92.4 Å². The van der Waals surface area contributed by atoms with Gasteiger partial charge in [0.15, 0.2) is 17.6 Å². The van der Waals surface area contributed by atoms with Crippen molar-refractivity contribution in [1.82, 2.24) is 0 Å². The van der Waals surface area contributed by atoms with Gasteiger partial charge < -0.3 is 89.0 Å². The molecule has 10 N–H and O–H groups in total. The third-order valence-electron chi connectivity index (χ3n) is 9.39. The van der Waals surface area contributed by atoms with Gasteiger partial charge in [0.1, 0.15) is 84.2 Å². The molecular weight excluding hydrogens is 760 g/mol. The number of hydrogen-bond donors (Lipinski definition) is 10. The Kier molecular flexibility index (Phi) is 12.6. The van der Waals surface area contributed by atoms with Crippen molar-refractivity contribution in [2.45, 2.75) is 67.5 Å². The fraction of sp³-hybridized carbons (Fsp3) is 0.395. The second-order valence-corrected chi connectivity index (χ2v) is 13.2. The first-order valence-corrected chi connectivity index (χ1v) is 17.4. The second-order valence-electron chi connectivity index (χ2n) is 13.2. The van der Waals surface area contributed by atoms with E-state index in [9.17, 15) is 55.9 Å². The zero-order valence-corrected chi connectivity index (χ0v) is 30.3. The lowest BCUT2D eigenvalue weighted by Gasteiger charge is -2.41. The lowest BCUT2D eigenvalue weighted by Crippen LogP contribution is -2.60. The number of esters is 1. The van der Waals surface area contributed by atoms with Crippen molar-refractivity contribution in [3.63, 3.8) is 0 Å². The van der Waals surface area contributed by atoms with Crippen LogP contribution in [0.15, 0.2) is 60.4 Å². The first-order chi connectivity index (χ1) is 27.2. The molecule has 3 aliphatic rings. The number of phenolic OH excluding ortho intramolecular Hbond substituents is 3. The molecule has 3 aliphatic heterocycles. The summed E-state index contributed by atoms with van der Waals surface area (Å²) in [6, 6.07) is 11.0.